The molecule has 2 fully saturated rings. The topological polar surface area (TPSA) is 133 Å². The number of carboxylic acids is 1. The molecule has 0 radical (unpaired) electrons. The molecule has 4 rings (SSSR count). The summed E-state index contributed by atoms with van der Waals surface area (Å²) in [5.41, 5.74) is 0.188. The summed E-state index contributed by atoms with van der Waals surface area (Å²) < 4.78 is 4.38. The number of carbonyl (C=O) groups is 3. The number of amides is 2. The summed E-state index contributed by atoms with van der Waals surface area (Å²) in [6, 6.07) is 2.82. The Labute approximate surface area is 190 Å². The van der Waals surface area contributed by atoms with E-state index in [1.807, 2.05) is 0 Å². The number of nitrogens with zero attached hydrogens (tertiary/aromatic N) is 2. The molecule has 0 saturated carbocycles. The highest BCUT2D eigenvalue weighted by Crippen LogP contribution is 2.51. The first-order chi connectivity index (χ1) is 14.6. The normalized spacial score (nSPS) is 24.0. The lowest BCUT2D eigenvalue weighted by Crippen LogP contribution is -2.70. The number of carboxylic acid groups (broad SMARTS) is 1. The minimum atomic E-state index is -1.10. The summed E-state index contributed by atoms with van der Waals surface area (Å²) in [5.74, 6) is -2.43. The largest absolute Gasteiger partial charge is 0.480 e. The number of aliphatic hydroxyl groups excluding tert-OH is 1. The number of nitrogens with one attached hydrogen (secondary N) is 1. The van der Waals surface area contributed by atoms with Gasteiger partial charge in [0.05, 0.1) is 10.0 Å². The minimum Gasteiger partial charge on any atom is -0.480 e. The second kappa shape index (κ2) is 7.70. The maximum absolute atomic E-state index is 13.1. The van der Waals surface area contributed by atoms with Crippen LogP contribution in [0.1, 0.15) is 30.0 Å². The molecule has 3 unspecified atom stereocenters. The van der Waals surface area contributed by atoms with E-state index in [4.69, 9.17) is 27.7 Å². The number of rotatable bonds is 5. The van der Waals surface area contributed by atoms with Crippen molar-refractivity contribution in [3.05, 3.63) is 39.6 Å². The zero-order valence-corrected chi connectivity index (χ0v) is 18.6. The summed E-state index contributed by atoms with van der Waals surface area (Å²) in [4.78, 5) is 38.7. The Kier molecular flexibility index (Phi) is 5.45. The zero-order valence-electron chi connectivity index (χ0n) is 16.3. The van der Waals surface area contributed by atoms with Gasteiger partial charge in [0.1, 0.15) is 35.3 Å². The van der Waals surface area contributed by atoms with E-state index >= 15 is 0 Å². The second-order valence-corrected chi connectivity index (χ2v) is 10.2. The van der Waals surface area contributed by atoms with Crippen molar-refractivity contribution in [3.8, 4) is 11.3 Å². The fraction of sp³-hybridized carbons (Fsp3) is 0.368. The molecule has 2 aliphatic rings. The number of aromatic nitrogens is 1. The molecule has 9 nitrogen and oxygen atoms in total. The smallest absolute Gasteiger partial charge is 0.327 e. The second-order valence-electron chi connectivity index (χ2n) is 7.63. The van der Waals surface area contributed by atoms with Crippen LogP contribution in [0.3, 0.4) is 0 Å². The molecule has 3 N–H and O–H groups in total. The van der Waals surface area contributed by atoms with Gasteiger partial charge in [0.15, 0.2) is 5.76 Å². The first kappa shape index (κ1) is 21.9. The van der Waals surface area contributed by atoms with Gasteiger partial charge < -0.3 is 25.0 Å². The number of thioether (sulfide) groups is 1. The van der Waals surface area contributed by atoms with E-state index in [0.717, 1.165) is 0 Å². The van der Waals surface area contributed by atoms with Crippen LogP contribution >= 0.6 is 35.0 Å². The van der Waals surface area contributed by atoms with Crippen LogP contribution < -0.4 is 5.32 Å². The van der Waals surface area contributed by atoms with Gasteiger partial charge in [-0.2, -0.15) is 0 Å². The molecule has 3 heterocycles. The number of carbonyl (C=O) groups excluding carboxylic acids is 2. The standard InChI is InChI=1S/C19H17Cl2N3O6S/c1-19(2)14(18(28)29)24-16(27)13(17(24)31-19)22-15(26)11-9(6-25)30-23-12(11)10-7(20)4-3-5-8(10)21/h3-5,13-14,17,25H,6H2,1-2H3,(H,22,26)(H,28,29). The van der Waals surface area contributed by atoms with E-state index in [1.165, 1.54) is 16.7 Å². The zero-order chi connectivity index (χ0) is 22.7. The molecule has 0 bridgehead atoms. The Balaban J connectivity index is 1.65. The summed E-state index contributed by atoms with van der Waals surface area (Å²) in [5, 5.41) is 25.5. The Morgan fingerprint density at radius 1 is 1.32 bits per heavy atom. The van der Waals surface area contributed by atoms with E-state index in [2.05, 4.69) is 10.5 Å². The summed E-state index contributed by atoms with van der Waals surface area (Å²) >= 11 is 13.8. The van der Waals surface area contributed by atoms with Crippen molar-refractivity contribution in [2.45, 2.75) is 42.7 Å². The van der Waals surface area contributed by atoms with Gasteiger partial charge >= 0.3 is 5.97 Å². The lowest BCUT2D eigenvalue weighted by Gasteiger charge is -2.43. The SMILES string of the molecule is CC1(C)SC2C(NC(=O)c3c(-c4c(Cl)cccc4Cl)noc3CO)C(=O)N2C1C(=O)O. The van der Waals surface area contributed by atoms with Crippen molar-refractivity contribution in [2.24, 2.45) is 0 Å². The van der Waals surface area contributed by atoms with Crippen LogP contribution in [0, 0.1) is 0 Å². The first-order valence-electron chi connectivity index (χ1n) is 9.16. The maximum Gasteiger partial charge on any atom is 0.327 e. The van der Waals surface area contributed by atoms with Crippen molar-refractivity contribution in [1.29, 1.82) is 0 Å². The Morgan fingerprint density at radius 3 is 2.55 bits per heavy atom. The third-order valence-electron chi connectivity index (χ3n) is 5.29. The van der Waals surface area contributed by atoms with Gasteiger partial charge in [0, 0.05) is 10.3 Å². The van der Waals surface area contributed by atoms with Gasteiger partial charge in [-0.3, -0.25) is 9.59 Å². The fourth-order valence-corrected chi connectivity index (χ4v) is 6.12. The summed E-state index contributed by atoms with van der Waals surface area (Å²) in [7, 11) is 0. The number of halogens is 2. The monoisotopic (exact) mass is 485 g/mol. The molecule has 1 aromatic carbocycles. The summed E-state index contributed by atoms with van der Waals surface area (Å²) in [6.07, 6.45) is 0. The third-order valence-corrected chi connectivity index (χ3v) is 7.50. The number of aliphatic carboxylic acids is 1. The average Bonchev–Trinajstić information content (AvgIpc) is 3.22. The molecule has 1 aromatic heterocycles. The Hall–Kier alpha value is -2.27. The number of aliphatic hydroxyl groups is 1. The van der Waals surface area contributed by atoms with Gasteiger partial charge in [-0.15, -0.1) is 11.8 Å². The molecule has 2 aliphatic heterocycles. The van der Waals surface area contributed by atoms with Crippen LogP contribution in [0.15, 0.2) is 22.7 Å². The molecule has 0 spiro atoms. The fourth-order valence-electron chi connectivity index (χ4n) is 3.92. The van der Waals surface area contributed by atoms with Crippen LogP contribution in [0.2, 0.25) is 10.0 Å². The predicted octanol–water partition coefficient (Wildman–Crippen LogP) is 2.39. The average molecular weight is 486 g/mol. The molecule has 164 valence electrons. The highest BCUT2D eigenvalue weighted by molar-refractivity contribution is 8.01. The van der Waals surface area contributed by atoms with Crippen LogP contribution in [-0.2, 0) is 16.2 Å². The number of benzene rings is 1. The van der Waals surface area contributed by atoms with E-state index in [0.29, 0.717) is 0 Å². The first-order valence-corrected chi connectivity index (χ1v) is 10.8. The minimum absolute atomic E-state index is 0.0311. The molecular formula is C19H17Cl2N3O6S. The van der Waals surface area contributed by atoms with Gasteiger partial charge in [-0.25, -0.2) is 4.79 Å². The highest BCUT2D eigenvalue weighted by Gasteiger charge is 2.64. The molecule has 2 aromatic rings. The number of fused-ring (bicyclic) bond motifs is 1. The van der Waals surface area contributed by atoms with Crippen LogP contribution in [0.4, 0.5) is 0 Å². The molecule has 2 amide bonds. The molecule has 2 saturated heterocycles. The molecule has 3 atom stereocenters. The summed E-state index contributed by atoms with van der Waals surface area (Å²) in [6.45, 7) is 2.86. The number of hydrogen-bond acceptors (Lipinski definition) is 7. The molecule has 31 heavy (non-hydrogen) atoms. The van der Waals surface area contributed by atoms with Gasteiger partial charge in [0.25, 0.3) is 5.91 Å². The Morgan fingerprint density at radius 2 is 1.97 bits per heavy atom. The lowest BCUT2D eigenvalue weighted by molar-refractivity contribution is -0.159. The highest BCUT2D eigenvalue weighted by atomic mass is 35.5. The van der Waals surface area contributed by atoms with Crippen LogP contribution in [0.25, 0.3) is 11.3 Å². The van der Waals surface area contributed by atoms with Gasteiger partial charge in [-0.05, 0) is 26.0 Å². The van der Waals surface area contributed by atoms with Crippen LogP contribution in [-0.4, -0.2) is 60.3 Å². The third kappa shape index (κ3) is 3.38. The van der Waals surface area contributed by atoms with Crippen LogP contribution in [0.5, 0.6) is 0 Å². The van der Waals surface area contributed by atoms with Gasteiger partial charge in [-0.1, -0.05) is 34.4 Å². The van der Waals surface area contributed by atoms with E-state index in [1.54, 1.807) is 32.0 Å². The van der Waals surface area contributed by atoms with Crippen molar-refractivity contribution in [1.82, 2.24) is 15.4 Å². The van der Waals surface area contributed by atoms with E-state index in [9.17, 15) is 24.6 Å². The van der Waals surface area contributed by atoms with Crippen molar-refractivity contribution < 1.29 is 29.1 Å². The van der Waals surface area contributed by atoms with E-state index < -0.39 is 46.6 Å². The number of β-lactam (4-membered cyclic amide) rings is 1. The van der Waals surface area contributed by atoms with Crippen molar-refractivity contribution in [2.75, 3.05) is 0 Å². The Bertz CT molecular complexity index is 1080. The maximum atomic E-state index is 13.1. The van der Waals surface area contributed by atoms with Gasteiger partial charge in [0.2, 0.25) is 5.91 Å². The number of hydrogen-bond donors (Lipinski definition) is 3. The quantitative estimate of drug-likeness (QED) is 0.549. The van der Waals surface area contributed by atoms with E-state index in [-0.39, 0.29) is 32.6 Å². The molecular weight excluding hydrogens is 469 g/mol. The van der Waals surface area contributed by atoms with Crippen molar-refractivity contribution >= 4 is 52.7 Å². The lowest BCUT2D eigenvalue weighted by atomic mass is 9.95. The predicted molar refractivity (Wildman–Crippen MR) is 113 cm³/mol. The van der Waals surface area contributed by atoms with Crippen molar-refractivity contribution in [3.63, 3.8) is 0 Å². The molecule has 0 aliphatic carbocycles. The molecule has 12 heteroatoms.